The second kappa shape index (κ2) is 9.82. The van der Waals surface area contributed by atoms with Crippen molar-refractivity contribution in [2.45, 2.75) is 13.5 Å². The van der Waals surface area contributed by atoms with Crippen molar-refractivity contribution in [3.05, 3.63) is 73.5 Å². The number of nitrogens with one attached hydrogen (secondary N) is 1. The molecule has 0 aliphatic rings. The average molecular weight is 431 g/mol. The third-order valence-electron chi connectivity index (χ3n) is 3.90. The summed E-state index contributed by atoms with van der Waals surface area (Å²) in [4.78, 5) is 42.9. The molecule has 0 aromatic heterocycles. The Bertz CT molecular complexity index is 1080. The van der Waals surface area contributed by atoms with Crippen molar-refractivity contribution in [2.24, 2.45) is 0 Å². The Morgan fingerprint density at radius 1 is 1.10 bits per heavy atom. The first kappa shape index (κ1) is 22.8. The van der Waals surface area contributed by atoms with Gasteiger partial charge in [0.2, 0.25) is 5.91 Å². The lowest BCUT2D eigenvalue weighted by Crippen LogP contribution is -2.24. The molecule has 0 saturated heterocycles. The van der Waals surface area contributed by atoms with Gasteiger partial charge in [0, 0.05) is 13.0 Å². The highest BCUT2D eigenvalue weighted by Gasteiger charge is 2.20. The van der Waals surface area contributed by atoms with Crippen LogP contribution in [0.25, 0.3) is 6.08 Å². The molecule has 2 N–H and O–H groups in total. The highest BCUT2D eigenvalue weighted by molar-refractivity contribution is 5.96. The Labute approximate surface area is 175 Å². The van der Waals surface area contributed by atoms with Crippen LogP contribution in [0.3, 0.4) is 0 Å². The highest BCUT2D eigenvalue weighted by atomic mass is 16.6. The van der Waals surface area contributed by atoms with E-state index < -0.39 is 33.1 Å². The predicted octanol–water partition coefficient (Wildman–Crippen LogP) is 2.65. The Kier molecular flexibility index (Phi) is 7.23. The van der Waals surface area contributed by atoms with Crippen LogP contribution in [0.2, 0.25) is 0 Å². The van der Waals surface area contributed by atoms with Gasteiger partial charge in [0.1, 0.15) is 12.3 Å². The number of nitrogens with zero attached hydrogens (tertiary/aromatic N) is 2. The van der Waals surface area contributed by atoms with Gasteiger partial charge in [-0.2, -0.15) is 0 Å². The minimum absolute atomic E-state index is 0.112. The summed E-state index contributed by atoms with van der Waals surface area (Å²) in [5.41, 5.74) is -0.728. The summed E-state index contributed by atoms with van der Waals surface area (Å²) in [6.07, 6.45) is 1.22. The van der Waals surface area contributed by atoms with Crippen LogP contribution in [-0.2, 0) is 16.2 Å². The van der Waals surface area contributed by atoms with Gasteiger partial charge in [-0.25, -0.2) is 4.79 Å². The minimum Gasteiger partial charge on any atom is -0.493 e. The van der Waals surface area contributed by atoms with Gasteiger partial charge in [-0.15, -0.1) is 0 Å². The van der Waals surface area contributed by atoms with E-state index in [1.165, 1.54) is 44.4 Å². The number of hydrogen-bond donors (Lipinski definition) is 2. The first-order chi connectivity index (χ1) is 14.6. The van der Waals surface area contributed by atoms with Crippen LogP contribution >= 0.6 is 0 Å². The van der Waals surface area contributed by atoms with Crippen LogP contribution in [0.5, 0.6) is 11.5 Å². The molecule has 2 aromatic carbocycles. The van der Waals surface area contributed by atoms with E-state index in [2.05, 4.69) is 5.32 Å². The number of rotatable bonds is 9. The molecule has 31 heavy (non-hydrogen) atoms. The van der Waals surface area contributed by atoms with Crippen molar-refractivity contribution in [1.82, 2.24) is 5.32 Å². The third-order valence-corrected chi connectivity index (χ3v) is 3.90. The molecular formula is C19H17N3O9. The van der Waals surface area contributed by atoms with E-state index in [4.69, 9.17) is 14.6 Å². The summed E-state index contributed by atoms with van der Waals surface area (Å²) in [7, 11) is 1.34. The number of methoxy groups -OCH3 is 1. The second-order valence-electron chi connectivity index (χ2n) is 6.07. The SMILES string of the molecule is COc1cc(C=C(NC(C)=O)C(=O)O)ccc1OCc1ccc([N+](=O)[O-])cc1[N+](=O)[O-]. The van der Waals surface area contributed by atoms with Crippen LogP contribution in [0.15, 0.2) is 42.1 Å². The maximum atomic E-state index is 11.2. The molecule has 0 atom stereocenters. The van der Waals surface area contributed by atoms with Gasteiger partial charge < -0.3 is 19.9 Å². The number of hydrogen-bond acceptors (Lipinski definition) is 8. The number of benzene rings is 2. The molecule has 162 valence electrons. The summed E-state index contributed by atoms with van der Waals surface area (Å²) in [5.74, 6) is -1.49. The van der Waals surface area contributed by atoms with Crippen LogP contribution in [0, 0.1) is 20.2 Å². The minimum atomic E-state index is -1.33. The zero-order valence-corrected chi connectivity index (χ0v) is 16.4. The summed E-state index contributed by atoms with van der Waals surface area (Å²) >= 11 is 0. The zero-order chi connectivity index (χ0) is 23.1. The van der Waals surface area contributed by atoms with E-state index in [1.54, 1.807) is 0 Å². The molecule has 0 unspecified atom stereocenters. The first-order valence-electron chi connectivity index (χ1n) is 8.57. The lowest BCUT2D eigenvalue weighted by molar-refractivity contribution is -0.394. The second-order valence-corrected chi connectivity index (χ2v) is 6.07. The van der Waals surface area contributed by atoms with E-state index in [0.717, 1.165) is 12.1 Å². The molecule has 0 fully saturated rings. The lowest BCUT2D eigenvalue weighted by atomic mass is 10.1. The first-order valence-corrected chi connectivity index (χ1v) is 8.57. The predicted molar refractivity (Wildman–Crippen MR) is 107 cm³/mol. The standard InChI is InChI=1S/C19H17N3O9/c1-11(23)20-15(19(24)25)7-12-3-6-17(18(8-12)30-2)31-10-13-4-5-14(21(26)27)9-16(13)22(28)29/h3-9H,10H2,1-2H3,(H,20,23)(H,24,25). The van der Waals surface area contributed by atoms with Crippen LogP contribution in [0.4, 0.5) is 11.4 Å². The normalized spacial score (nSPS) is 10.8. The summed E-state index contributed by atoms with van der Waals surface area (Å²) in [5, 5.41) is 33.4. The molecule has 0 spiro atoms. The largest absolute Gasteiger partial charge is 0.493 e. The smallest absolute Gasteiger partial charge is 0.352 e. The molecule has 0 bridgehead atoms. The summed E-state index contributed by atoms with van der Waals surface area (Å²) in [6, 6.07) is 7.60. The topological polar surface area (TPSA) is 171 Å². The molecule has 12 heteroatoms. The average Bonchev–Trinajstić information content (AvgIpc) is 2.71. The zero-order valence-electron chi connectivity index (χ0n) is 16.4. The number of nitro groups is 2. The number of aliphatic carboxylic acids is 1. The number of ether oxygens (including phenoxy) is 2. The maximum Gasteiger partial charge on any atom is 0.352 e. The third kappa shape index (κ3) is 6.00. The number of amides is 1. The van der Waals surface area contributed by atoms with E-state index >= 15 is 0 Å². The molecule has 0 heterocycles. The number of non-ortho nitro benzene ring substituents is 1. The lowest BCUT2D eigenvalue weighted by Gasteiger charge is -2.12. The van der Waals surface area contributed by atoms with Crippen molar-refractivity contribution in [1.29, 1.82) is 0 Å². The van der Waals surface area contributed by atoms with Crippen molar-refractivity contribution in [3.63, 3.8) is 0 Å². The highest BCUT2D eigenvalue weighted by Crippen LogP contribution is 2.31. The number of nitro benzene ring substituents is 2. The molecular weight excluding hydrogens is 414 g/mol. The monoisotopic (exact) mass is 431 g/mol. The molecule has 1 amide bonds. The molecule has 12 nitrogen and oxygen atoms in total. The van der Waals surface area contributed by atoms with E-state index in [1.807, 2.05) is 0 Å². The molecule has 0 aliphatic heterocycles. The van der Waals surface area contributed by atoms with Gasteiger partial charge in [-0.3, -0.25) is 25.0 Å². The molecule has 2 aromatic rings. The molecule has 0 aliphatic carbocycles. The fraction of sp³-hybridized carbons (Fsp3) is 0.158. The van der Waals surface area contributed by atoms with Gasteiger partial charge in [0.15, 0.2) is 11.5 Å². The van der Waals surface area contributed by atoms with Gasteiger partial charge in [-0.05, 0) is 29.8 Å². The molecule has 2 rings (SSSR count). The number of carbonyl (C=O) groups is 2. The van der Waals surface area contributed by atoms with E-state index in [9.17, 15) is 29.8 Å². The maximum absolute atomic E-state index is 11.2. The van der Waals surface area contributed by atoms with Gasteiger partial charge in [0.25, 0.3) is 11.4 Å². The Balaban J connectivity index is 2.29. The quantitative estimate of drug-likeness (QED) is 0.344. The number of carboxylic acid groups (broad SMARTS) is 1. The fourth-order valence-corrected chi connectivity index (χ4v) is 2.51. The van der Waals surface area contributed by atoms with Crippen LogP contribution < -0.4 is 14.8 Å². The molecule has 0 saturated carbocycles. The van der Waals surface area contributed by atoms with Crippen molar-refractivity contribution in [2.75, 3.05) is 7.11 Å². The Hall–Kier alpha value is -4.48. The van der Waals surface area contributed by atoms with Gasteiger partial charge in [-0.1, -0.05) is 6.07 Å². The van der Waals surface area contributed by atoms with Crippen molar-refractivity contribution >= 4 is 29.3 Å². The van der Waals surface area contributed by atoms with Crippen molar-refractivity contribution in [3.8, 4) is 11.5 Å². The summed E-state index contributed by atoms with van der Waals surface area (Å²) < 4.78 is 10.8. The Morgan fingerprint density at radius 2 is 1.81 bits per heavy atom. The molecule has 0 radical (unpaired) electrons. The fourth-order valence-electron chi connectivity index (χ4n) is 2.51. The van der Waals surface area contributed by atoms with Gasteiger partial charge >= 0.3 is 5.97 Å². The van der Waals surface area contributed by atoms with Gasteiger partial charge in [0.05, 0.1) is 28.6 Å². The van der Waals surface area contributed by atoms with Crippen LogP contribution in [-0.4, -0.2) is 33.9 Å². The van der Waals surface area contributed by atoms with Crippen LogP contribution in [0.1, 0.15) is 18.1 Å². The van der Waals surface area contributed by atoms with E-state index in [0.29, 0.717) is 5.56 Å². The Morgan fingerprint density at radius 3 is 2.35 bits per heavy atom. The number of carboxylic acids is 1. The van der Waals surface area contributed by atoms with E-state index in [-0.39, 0.29) is 29.4 Å². The summed E-state index contributed by atoms with van der Waals surface area (Å²) in [6.45, 7) is 0.901. The number of carbonyl (C=O) groups excluding carboxylic acids is 1. The van der Waals surface area contributed by atoms with Crippen molar-refractivity contribution < 1.29 is 34.0 Å².